The Morgan fingerprint density at radius 2 is 1.59 bits per heavy atom. The highest BCUT2D eigenvalue weighted by molar-refractivity contribution is 5.25. The molecule has 0 heterocycles. The van der Waals surface area contributed by atoms with Crippen molar-refractivity contribution in [1.82, 2.24) is 0 Å². The van der Waals surface area contributed by atoms with E-state index >= 15 is 0 Å². The molecule has 17 heavy (non-hydrogen) atoms. The molecule has 0 spiro atoms. The van der Waals surface area contributed by atoms with Crippen LogP contribution in [0.5, 0.6) is 0 Å². The Hall–Kier alpha value is -1.04. The maximum absolute atomic E-state index is 3.75. The summed E-state index contributed by atoms with van der Waals surface area (Å²) in [7, 11) is 0. The summed E-state index contributed by atoms with van der Waals surface area (Å²) in [5, 5.41) is 0. The lowest BCUT2D eigenvalue weighted by Crippen LogP contribution is -1.89. The summed E-state index contributed by atoms with van der Waals surface area (Å²) < 4.78 is 0. The van der Waals surface area contributed by atoms with Crippen molar-refractivity contribution in [3.63, 3.8) is 0 Å². The van der Waals surface area contributed by atoms with Gasteiger partial charge in [-0.3, -0.25) is 0 Å². The Kier molecular flexibility index (Phi) is 7.46. The molecule has 0 saturated heterocycles. The van der Waals surface area contributed by atoms with Crippen molar-refractivity contribution in [1.29, 1.82) is 0 Å². The molecule has 0 heteroatoms. The lowest BCUT2D eigenvalue weighted by atomic mass is 10.0. The molecule has 1 aromatic rings. The van der Waals surface area contributed by atoms with Gasteiger partial charge in [0.15, 0.2) is 0 Å². The van der Waals surface area contributed by atoms with Crippen molar-refractivity contribution < 1.29 is 0 Å². The third-order valence-electron chi connectivity index (χ3n) is 3.37. The number of aryl methyl sites for hydroxylation is 2. The van der Waals surface area contributed by atoms with Gasteiger partial charge in [-0.1, -0.05) is 56.0 Å². The first-order valence-corrected chi connectivity index (χ1v) is 7.00. The summed E-state index contributed by atoms with van der Waals surface area (Å²) in [5.41, 5.74) is 2.97. The van der Waals surface area contributed by atoms with Crippen LogP contribution in [0, 0.1) is 6.92 Å². The van der Waals surface area contributed by atoms with Crippen LogP contribution in [0.2, 0.25) is 0 Å². The summed E-state index contributed by atoms with van der Waals surface area (Å²) in [6.45, 7) is 5.96. The molecule has 0 aliphatic carbocycles. The topological polar surface area (TPSA) is 0 Å². The van der Waals surface area contributed by atoms with E-state index in [0.717, 1.165) is 0 Å². The summed E-state index contributed by atoms with van der Waals surface area (Å²) in [6.07, 6.45) is 12.7. The minimum atomic E-state index is 1.18. The molecule has 0 N–H and O–H groups in total. The van der Waals surface area contributed by atoms with E-state index in [1.165, 1.54) is 62.5 Å². The second-order valence-electron chi connectivity index (χ2n) is 4.88. The standard InChI is InChI=1S/C17H26/c1-3-4-5-6-7-8-9-10-14-17-15-12-11-13-16(17)2/h3,11-13,15H,1,4-10,14H2,2H3. The third-order valence-corrected chi connectivity index (χ3v) is 3.37. The van der Waals surface area contributed by atoms with E-state index in [0.29, 0.717) is 0 Å². The maximum atomic E-state index is 3.75. The second-order valence-corrected chi connectivity index (χ2v) is 4.88. The SMILES string of the molecule is C=CCCCCCCCCc1ccccc1C. The molecule has 0 radical (unpaired) electrons. The van der Waals surface area contributed by atoms with Crippen molar-refractivity contribution in [3.8, 4) is 0 Å². The summed E-state index contributed by atoms with van der Waals surface area (Å²) in [6, 6.07) is 8.75. The lowest BCUT2D eigenvalue weighted by Gasteiger charge is -2.05. The fourth-order valence-electron chi connectivity index (χ4n) is 2.20. The Morgan fingerprint density at radius 1 is 0.941 bits per heavy atom. The van der Waals surface area contributed by atoms with Gasteiger partial charge < -0.3 is 0 Å². The van der Waals surface area contributed by atoms with Crippen LogP contribution in [-0.4, -0.2) is 0 Å². The Labute approximate surface area is 107 Å². The fraction of sp³-hybridized carbons (Fsp3) is 0.529. The van der Waals surface area contributed by atoms with Gasteiger partial charge in [-0.25, -0.2) is 0 Å². The zero-order chi connectivity index (χ0) is 12.3. The van der Waals surface area contributed by atoms with Gasteiger partial charge in [0, 0.05) is 0 Å². The zero-order valence-corrected chi connectivity index (χ0v) is 11.3. The van der Waals surface area contributed by atoms with Crippen LogP contribution in [0.3, 0.4) is 0 Å². The predicted molar refractivity (Wildman–Crippen MR) is 77.4 cm³/mol. The molecule has 0 fully saturated rings. The number of hydrogen-bond donors (Lipinski definition) is 0. The highest BCUT2D eigenvalue weighted by Gasteiger charge is 1.96. The minimum Gasteiger partial charge on any atom is -0.103 e. The average Bonchev–Trinajstić information content (AvgIpc) is 2.35. The second kappa shape index (κ2) is 9.04. The monoisotopic (exact) mass is 230 g/mol. The van der Waals surface area contributed by atoms with Crippen molar-refractivity contribution >= 4 is 0 Å². The molecule has 0 bridgehead atoms. The van der Waals surface area contributed by atoms with E-state index in [2.05, 4.69) is 37.8 Å². The number of rotatable bonds is 9. The molecular weight excluding hydrogens is 204 g/mol. The highest BCUT2D eigenvalue weighted by atomic mass is 14.0. The van der Waals surface area contributed by atoms with Gasteiger partial charge in [-0.2, -0.15) is 0 Å². The van der Waals surface area contributed by atoms with Gasteiger partial charge in [0.1, 0.15) is 0 Å². The van der Waals surface area contributed by atoms with Crippen molar-refractivity contribution in [2.24, 2.45) is 0 Å². The van der Waals surface area contributed by atoms with Gasteiger partial charge >= 0.3 is 0 Å². The molecular formula is C17H26. The number of benzene rings is 1. The van der Waals surface area contributed by atoms with Crippen molar-refractivity contribution in [2.75, 3.05) is 0 Å². The van der Waals surface area contributed by atoms with Crippen LogP contribution in [0.1, 0.15) is 56.1 Å². The van der Waals surface area contributed by atoms with Crippen molar-refractivity contribution in [2.45, 2.75) is 58.3 Å². The molecule has 0 nitrogen and oxygen atoms in total. The smallest absolute Gasteiger partial charge is 0.0276 e. The Balaban J connectivity index is 2.01. The first kappa shape index (κ1) is 14.0. The van der Waals surface area contributed by atoms with Crippen LogP contribution in [0.4, 0.5) is 0 Å². The summed E-state index contributed by atoms with van der Waals surface area (Å²) in [5.74, 6) is 0. The zero-order valence-electron chi connectivity index (χ0n) is 11.3. The van der Waals surface area contributed by atoms with Crippen LogP contribution in [0.15, 0.2) is 36.9 Å². The van der Waals surface area contributed by atoms with E-state index in [9.17, 15) is 0 Å². The van der Waals surface area contributed by atoms with E-state index in [1.807, 2.05) is 6.08 Å². The number of hydrogen-bond acceptors (Lipinski definition) is 0. The average molecular weight is 230 g/mol. The first-order valence-electron chi connectivity index (χ1n) is 7.00. The van der Waals surface area contributed by atoms with E-state index < -0.39 is 0 Å². The van der Waals surface area contributed by atoms with Gasteiger partial charge in [0.2, 0.25) is 0 Å². The molecule has 1 aromatic carbocycles. The van der Waals surface area contributed by atoms with E-state index in [4.69, 9.17) is 0 Å². The minimum absolute atomic E-state index is 1.18. The molecule has 0 amide bonds. The largest absolute Gasteiger partial charge is 0.103 e. The summed E-state index contributed by atoms with van der Waals surface area (Å²) in [4.78, 5) is 0. The molecule has 0 atom stereocenters. The molecule has 0 saturated carbocycles. The highest BCUT2D eigenvalue weighted by Crippen LogP contribution is 2.13. The number of allylic oxidation sites excluding steroid dienone is 1. The van der Waals surface area contributed by atoms with E-state index in [-0.39, 0.29) is 0 Å². The van der Waals surface area contributed by atoms with Crippen LogP contribution in [0.25, 0.3) is 0 Å². The molecule has 0 aromatic heterocycles. The van der Waals surface area contributed by atoms with Gasteiger partial charge in [-0.15, -0.1) is 6.58 Å². The van der Waals surface area contributed by atoms with Gasteiger partial charge in [-0.05, 0) is 43.7 Å². The van der Waals surface area contributed by atoms with Crippen LogP contribution < -0.4 is 0 Å². The molecule has 94 valence electrons. The normalized spacial score (nSPS) is 10.4. The Morgan fingerprint density at radius 3 is 2.29 bits per heavy atom. The van der Waals surface area contributed by atoms with Gasteiger partial charge in [0.05, 0.1) is 0 Å². The quantitative estimate of drug-likeness (QED) is 0.390. The number of unbranched alkanes of at least 4 members (excludes halogenated alkanes) is 6. The molecule has 1 rings (SSSR count). The maximum Gasteiger partial charge on any atom is -0.0276 e. The first-order chi connectivity index (χ1) is 8.34. The van der Waals surface area contributed by atoms with Crippen LogP contribution >= 0.6 is 0 Å². The van der Waals surface area contributed by atoms with Gasteiger partial charge in [0.25, 0.3) is 0 Å². The third kappa shape index (κ3) is 6.31. The van der Waals surface area contributed by atoms with Crippen molar-refractivity contribution in [3.05, 3.63) is 48.0 Å². The predicted octanol–water partition coefficient (Wildman–Crippen LogP) is 5.45. The molecule has 0 aliphatic heterocycles. The fourth-order valence-corrected chi connectivity index (χ4v) is 2.20. The Bertz CT molecular complexity index is 312. The van der Waals surface area contributed by atoms with E-state index in [1.54, 1.807) is 0 Å². The summed E-state index contributed by atoms with van der Waals surface area (Å²) >= 11 is 0. The van der Waals surface area contributed by atoms with Crippen LogP contribution in [-0.2, 0) is 6.42 Å². The molecule has 0 unspecified atom stereocenters. The lowest BCUT2D eigenvalue weighted by molar-refractivity contribution is 0.596. The molecule has 0 aliphatic rings.